The molecule has 2 fully saturated rings. The van der Waals surface area contributed by atoms with Crippen LogP contribution in [0.4, 0.5) is 0 Å². The Hall–Kier alpha value is -2.10. The van der Waals surface area contributed by atoms with Gasteiger partial charge in [-0.05, 0) is 37.8 Å². The summed E-state index contributed by atoms with van der Waals surface area (Å²) in [5.41, 5.74) is 2.69. The van der Waals surface area contributed by atoms with Crippen molar-refractivity contribution in [3.8, 4) is 0 Å². The van der Waals surface area contributed by atoms with Gasteiger partial charge in [0.2, 0.25) is 0 Å². The maximum Gasteiger partial charge on any atom is 0.334 e. The van der Waals surface area contributed by atoms with Crippen LogP contribution in [-0.2, 0) is 19.1 Å². The summed E-state index contributed by atoms with van der Waals surface area (Å²) in [4.78, 5) is 24.5. The highest BCUT2D eigenvalue weighted by Crippen LogP contribution is 2.55. The Morgan fingerprint density at radius 1 is 1.46 bits per heavy atom. The van der Waals surface area contributed by atoms with Crippen LogP contribution >= 0.6 is 0 Å². The summed E-state index contributed by atoms with van der Waals surface area (Å²) in [6.07, 6.45) is 5.42. The van der Waals surface area contributed by atoms with Gasteiger partial charge in [-0.3, -0.25) is 0 Å². The number of hydrogen-bond acceptors (Lipinski definition) is 4. The van der Waals surface area contributed by atoms with E-state index in [0.29, 0.717) is 17.6 Å². The highest BCUT2D eigenvalue weighted by Gasteiger charge is 2.56. The first-order valence-corrected chi connectivity index (χ1v) is 8.42. The van der Waals surface area contributed by atoms with Gasteiger partial charge < -0.3 is 9.47 Å². The van der Waals surface area contributed by atoms with Gasteiger partial charge in [-0.15, -0.1) is 0 Å². The van der Waals surface area contributed by atoms with Gasteiger partial charge in [-0.1, -0.05) is 32.2 Å². The summed E-state index contributed by atoms with van der Waals surface area (Å²) in [5, 5.41) is 0. The lowest BCUT2D eigenvalue weighted by Crippen LogP contribution is -2.43. The molecule has 0 spiro atoms. The molecule has 4 atom stereocenters. The Kier molecular flexibility index (Phi) is 4.02. The van der Waals surface area contributed by atoms with Gasteiger partial charge in [0.15, 0.2) is 0 Å². The molecule has 2 aliphatic carbocycles. The number of hydrogen-bond donors (Lipinski definition) is 0. The zero-order chi connectivity index (χ0) is 17.6. The topological polar surface area (TPSA) is 52.6 Å². The number of carbonyl (C=O) groups excluding carboxylic acids is 2. The molecular formula is C20H24O4. The van der Waals surface area contributed by atoms with Gasteiger partial charge in [0, 0.05) is 23.0 Å². The summed E-state index contributed by atoms with van der Waals surface area (Å²) in [5.74, 6) is -1.07. The highest BCUT2D eigenvalue weighted by molar-refractivity contribution is 5.92. The smallest absolute Gasteiger partial charge is 0.334 e. The summed E-state index contributed by atoms with van der Waals surface area (Å²) >= 11 is 0. The van der Waals surface area contributed by atoms with Crippen molar-refractivity contribution < 1.29 is 19.1 Å². The van der Waals surface area contributed by atoms with Crippen molar-refractivity contribution in [3.05, 3.63) is 47.6 Å². The maximum absolute atomic E-state index is 12.5. The fourth-order valence-corrected chi connectivity index (χ4v) is 4.20. The third-order valence-electron chi connectivity index (χ3n) is 5.72. The molecular weight excluding hydrogens is 304 g/mol. The van der Waals surface area contributed by atoms with E-state index in [1.807, 2.05) is 0 Å². The molecule has 3 rings (SSSR count). The van der Waals surface area contributed by atoms with E-state index < -0.39 is 12.1 Å². The SMILES string of the molecule is C=C1C[C@@H]2OC(=O)C(=C)[C@@H]2[C@H](OC(=O)/C(C)=C/C)[C@@]2(C)CCC=C12. The van der Waals surface area contributed by atoms with Crippen molar-refractivity contribution in [2.24, 2.45) is 11.3 Å². The molecule has 0 amide bonds. The van der Waals surface area contributed by atoms with Gasteiger partial charge >= 0.3 is 11.9 Å². The van der Waals surface area contributed by atoms with Gasteiger partial charge in [0.05, 0.1) is 5.92 Å². The quantitative estimate of drug-likeness (QED) is 0.573. The molecule has 1 heterocycles. The van der Waals surface area contributed by atoms with E-state index in [-0.39, 0.29) is 23.4 Å². The maximum atomic E-state index is 12.5. The molecule has 1 saturated carbocycles. The van der Waals surface area contributed by atoms with E-state index in [0.717, 1.165) is 24.0 Å². The Balaban J connectivity index is 2.06. The van der Waals surface area contributed by atoms with Crippen LogP contribution in [0.1, 0.15) is 40.0 Å². The molecule has 0 aromatic carbocycles. The van der Waals surface area contributed by atoms with Crippen molar-refractivity contribution in [2.75, 3.05) is 0 Å². The number of esters is 2. The van der Waals surface area contributed by atoms with Gasteiger partial charge in [-0.2, -0.15) is 0 Å². The number of ether oxygens (including phenoxy) is 2. The lowest BCUT2D eigenvalue weighted by Gasteiger charge is -2.38. The van der Waals surface area contributed by atoms with E-state index in [1.165, 1.54) is 0 Å². The molecule has 3 aliphatic rings. The van der Waals surface area contributed by atoms with E-state index in [2.05, 4.69) is 26.2 Å². The second-order valence-corrected chi connectivity index (χ2v) is 7.17. The second-order valence-electron chi connectivity index (χ2n) is 7.17. The zero-order valence-electron chi connectivity index (χ0n) is 14.6. The molecule has 0 aromatic rings. The first kappa shape index (κ1) is 16.7. The normalized spacial score (nSPS) is 35.8. The van der Waals surface area contributed by atoms with E-state index in [4.69, 9.17) is 9.47 Å². The minimum atomic E-state index is -0.475. The second kappa shape index (κ2) is 5.76. The average molecular weight is 328 g/mol. The minimum absolute atomic E-state index is 0.322. The summed E-state index contributed by atoms with van der Waals surface area (Å²) in [6.45, 7) is 13.8. The molecule has 0 unspecified atom stereocenters. The van der Waals surface area contributed by atoms with Crippen LogP contribution in [0.5, 0.6) is 0 Å². The molecule has 4 heteroatoms. The number of allylic oxidation sites excluding steroid dienone is 2. The van der Waals surface area contributed by atoms with E-state index >= 15 is 0 Å². The van der Waals surface area contributed by atoms with Crippen LogP contribution in [0.15, 0.2) is 47.6 Å². The Morgan fingerprint density at radius 2 is 2.17 bits per heavy atom. The fourth-order valence-electron chi connectivity index (χ4n) is 4.20. The molecule has 1 aliphatic heterocycles. The van der Waals surface area contributed by atoms with Crippen molar-refractivity contribution in [1.29, 1.82) is 0 Å². The van der Waals surface area contributed by atoms with Crippen LogP contribution in [0.25, 0.3) is 0 Å². The van der Waals surface area contributed by atoms with Crippen molar-refractivity contribution in [3.63, 3.8) is 0 Å². The summed E-state index contributed by atoms with van der Waals surface area (Å²) in [6, 6.07) is 0. The van der Waals surface area contributed by atoms with Crippen molar-refractivity contribution in [2.45, 2.75) is 52.2 Å². The Bertz CT molecular complexity index is 696. The average Bonchev–Trinajstić information content (AvgIpc) is 3.04. The standard InChI is InChI=1S/C20H24O4/c1-6-11(2)18(21)24-17-16-13(4)19(22)23-15(16)10-12(3)14-8-7-9-20(14,17)5/h6,8,15-17H,3-4,7,9-10H2,1-2,5H3/b11-6+/t15-,16-,17-,20-/m0/s1. The van der Waals surface area contributed by atoms with Gasteiger partial charge in [-0.25, -0.2) is 9.59 Å². The fraction of sp³-hybridized carbons (Fsp3) is 0.500. The predicted molar refractivity (Wildman–Crippen MR) is 91.0 cm³/mol. The van der Waals surface area contributed by atoms with Gasteiger partial charge in [0.25, 0.3) is 0 Å². The Labute approximate surface area is 142 Å². The highest BCUT2D eigenvalue weighted by atomic mass is 16.6. The first-order valence-electron chi connectivity index (χ1n) is 8.42. The lowest BCUT2D eigenvalue weighted by molar-refractivity contribution is -0.154. The molecule has 0 bridgehead atoms. The third kappa shape index (κ3) is 2.36. The van der Waals surface area contributed by atoms with Crippen LogP contribution < -0.4 is 0 Å². The van der Waals surface area contributed by atoms with E-state index in [9.17, 15) is 9.59 Å². The third-order valence-corrected chi connectivity index (χ3v) is 5.72. The van der Waals surface area contributed by atoms with Crippen molar-refractivity contribution >= 4 is 11.9 Å². The molecule has 24 heavy (non-hydrogen) atoms. The summed E-state index contributed by atoms with van der Waals surface area (Å²) in [7, 11) is 0. The largest absolute Gasteiger partial charge is 0.458 e. The first-order chi connectivity index (χ1) is 11.3. The molecule has 0 N–H and O–H groups in total. The number of fused-ring (bicyclic) bond motifs is 2. The molecule has 0 radical (unpaired) electrons. The summed E-state index contributed by atoms with van der Waals surface area (Å²) < 4.78 is 11.4. The molecule has 4 nitrogen and oxygen atoms in total. The molecule has 1 saturated heterocycles. The molecule has 128 valence electrons. The Morgan fingerprint density at radius 3 is 2.83 bits per heavy atom. The zero-order valence-corrected chi connectivity index (χ0v) is 14.6. The lowest BCUT2D eigenvalue weighted by atomic mass is 9.71. The number of carbonyl (C=O) groups is 2. The monoisotopic (exact) mass is 328 g/mol. The van der Waals surface area contributed by atoms with Crippen LogP contribution in [0.2, 0.25) is 0 Å². The van der Waals surface area contributed by atoms with Crippen LogP contribution in [0.3, 0.4) is 0 Å². The molecule has 0 aromatic heterocycles. The van der Waals surface area contributed by atoms with Gasteiger partial charge in [0.1, 0.15) is 12.2 Å². The van der Waals surface area contributed by atoms with Crippen LogP contribution in [0, 0.1) is 11.3 Å². The van der Waals surface area contributed by atoms with Crippen molar-refractivity contribution in [1.82, 2.24) is 0 Å². The van der Waals surface area contributed by atoms with Crippen LogP contribution in [-0.4, -0.2) is 24.1 Å². The van der Waals surface area contributed by atoms with E-state index in [1.54, 1.807) is 19.9 Å². The predicted octanol–water partition coefficient (Wildman–Crippen LogP) is 3.65. The number of rotatable bonds is 2. The minimum Gasteiger partial charge on any atom is -0.458 e.